The minimum absolute atomic E-state index is 0.000213. The van der Waals surface area contributed by atoms with Gasteiger partial charge in [0.05, 0.1) is 11.7 Å². The third-order valence-electron chi connectivity index (χ3n) is 5.22. The summed E-state index contributed by atoms with van der Waals surface area (Å²) in [6, 6.07) is 6.66. The normalized spacial score (nSPS) is 20.3. The fourth-order valence-electron chi connectivity index (χ4n) is 3.43. The lowest BCUT2D eigenvalue weighted by Crippen LogP contribution is -2.52. The molecule has 2 aliphatic heterocycles. The predicted molar refractivity (Wildman–Crippen MR) is 105 cm³/mol. The minimum atomic E-state index is -0.887. The summed E-state index contributed by atoms with van der Waals surface area (Å²) in [5.74, 6) is -0.152. The van der Waals surface area contributed by atoms with E-state index in [1.807, 2.05) is 0 Å². The molecule has 0 bridgehead atoms. The summed E-state index contributed by atoms with van der Waals surface area (Å²) in [5, 5.41) is 0. The number of nitrogens with zero attached hydrogens (tertiary/aromatic N) is 2. The zero-order chi connectivity index (χ0) is 20.8. The standard InChI is InChI=1S/C21H28N2O6/c1-15(20(25)23-11-9-22(10-12-23)16(2)24)29-21(26)17-5-7-18(8-6-17)28-14-19-4-3-13-27-19/h5-8,15,19H,3-4,9-14H2,1-2H3. The van der Waals surface area contributed by atoms with Crippen LogP contribution >= 0.6 is 0 Å². The SMILES string of the molecule is CC(=O)N1CCN(C(=O)C(C)OC(=O)c2ccc(OCC3CCCO3)cc2)CC1. The highest BCUT2D eigenvalue weighted by atomic mass is 16.5. The number of rotatable bonds is 6. The van der Waals surface area contributed by atoms with Gasteiger partial charge in [-0.1, -0.05) is 0 Å². The summed E-state index contributed by atoms with van der Waals surface area (Å²) < 4.78 is 16.5. The van der Waals surface area contributed by atoms with Crippen molar-refractivity contribution in [1.29, 1.82) is 0 Å². The van der Waals surface area contributed by atoms with Crippen molar-refractivity contribution in [3.05, 3.63) is 29.8 Å². The first kappa shape index (κ1) is 21.1. The number of hydrogen-bond donors (Lipinski definition) is 0. The van der Waals surface area contributed by atoms with Gasteiger partial charge in [-0.05, 0) is 44.0 Å². The molecular formula is C21H28N2O6. The second-order valence-corrected chi connectivity index (χ2v) is 7.35. The number of amides is 2. The first-order chi connectivity index (χ1) is 13.9. The number of piperazine rings is 1. The van der Waals surface area contributed by atoms with Crippen LogP contribution in [0.15, 0.2) is 24.3 Å². The summed E-state index contributed by atoms with van der Waals surface area (Å²) in [7, 11) is 0. The van der Waals surface area contributed by atoms with Crippen LogP contribution in [-0.4, -0.2) is 79.2 Å². The molecule has 2 atom stereocenters. The predicted octanol–water partition coefficient (Wildman–Crippen LogP) is 1.48. The van der Waals surface area contributed by atoms with Gasteiger partial charge in [0, 0.05) is 39.7 Å². The molecule has 8 heteroatoms. The van der Waals surface area contributed by atoms with E-state index in [1.165, 1.54) is 6.92 Å². The number of carbonyl (C=O) groups is 3. The van der Waals surface area contributed by atoms with Crippen LogP contribution in [0.2, 0.25) is 0 Å². The Kier molecular flexibility index (Phi) is 7.09. The maximum Gasteiger partial charge on any atom is 0.338 e. The molecule has 2 amide bonds. The van der Waals surface area contributed by atoms with E-state index in [-0.39, 0.29) is 17.9 Å². The van der Waals surface area contributed by atoms with Crippen LogP contribution in [0, 0.1) is 0 Å². The minimum Gasteiger partial charge on any atom is -0.491 e. The molecule has 0 aromatic heterocycles. The van der Waals surface area contributed by atoms with Crippen molar-refractivity contribution in [2.45, 2.75) is 38.9 Å². The summed E-state index contributed by atoms with van der Waals surface area (Å²) in [5.41, 5.74) is 0.357. The van der Waals surface area contributed by atoms with E-state index in [2.05, 4.69) is 0 Å². The molecule has 158 valence electrons. The molecule has 3 rings (SSSR count). The van der Waals surface area contributed by atoms with E-state index in [9.17, 15) is 14.4 Å². The molecule has 2 aliphatic rings. The van der Waals surface area contributed by atoms with Gasteiger partial charge in [0.1, 0.15) is 12.4 Å². The molecule has 8 nitrogen and oxygen atoms in total. The molecule has 2 heterocycles. The Hall–Kier alpha value is -2.61. The highest BCUT2D eigenvalue weighted by Crippen LogP contribution is 2.17. The maximum absolute atomic E-state index is 12.5. The summed E-state index contributed by atoms with van der Waals surface area (Å²) in [6.45, 7) is 6.23. The van der Waals surface area contributed by atoms with Crippen LogP contribution in [0.25, 0.3) is 0 Å². The lowest BCUT2D eigenvalue weighted by molar-refractivity contribution is -0.144. The first-order valence-electron chi connectivity index (χ1n) is 10.0. The van der Waals surface area contributed by atoms with Crippen LogP contribution in [0.4, 0.5) is 0 Å². The van der Waals surface area contributed by atoms with Crippen molar-refractivity contribution < 1.29 is 28.6 Å². The summed E-state index contributed by atoms with van der Waals surface area (Å²) >= 11 is 0. The topological polar surface area (TPSA) is 85.4 Å². The Balaban J connectivity index is 1.46. The average Bonchev–Trinajstić information content (AvgIpc) is 3.25. The van der Waals surface area contributed by atoms with Gasteiger partial charge in [-0.3, -0.25) is 9.59 Å². The van der Waals surface area contributed by atoms with Gasteiger partial charge >= 0.3 is 5.97 Å². The zero-order valence-corrected chi connectivity index (χ0v) is 17.0. The van der Waals surface area contributed by atoms with Crippen molar-refractivity contribution in [3.8, 4) is 5.75 Å². The Labute approximate surface area is 170 Å². The van der Waals surface area contributed by atoms with Gasteiger partial charge in [-0.2, -0.15) is 0 Å². The van der Waals surface area contributed by atoms with Gasteiger partial charge in [-0.25, -0.2) is 4.79 Å². The van der Waals surface area contributed by atoms with Crippen molar-refractivity contribution in [2.75, 3.05) is 39.4 Å². The Morgan fingerprint density at radius 1 is 1.10 bits per heavy atom. The van der Waals surface area contributed by atoms with E-state index < -0.39 is 12.1 Å². The Morgan fingerprint density at radius 2 is 1.76 bits per heavy atom. The highest BCUT2D eigenvalue weighted by molar-refractivity contribution is 5.92. The van der Waals surface area contributed by atoms with Gasteiger partial charge in [0.2, 0.25) is 5.91 Å². The van der Waals surface area contributed by atoms with Gasteiger partial charge in [-0.15, -0.1) is 0 Å². The van der Waals surface area contributed by atoms with Crippen molar-refractivity contribution >= 4 is 17.8 Å². The molecular weight excluding hydrogens is 376 g/mol. The number of ether oxygens (including phenoxy) is 3. The smallest absolute Gasteiger partial charge is 0.338 e. The summed E-state index contributed by atoms with van der Waals surface area (Å²) in [6.07, 6.45) is 1.30. The number of benzene rings is 1. The molecule has 1 aromatic rings. The zero-order valence-electron chi connectivity index (χ0n) is 17.0. The van der Waals surface area contributed by atoms with Gasteiger partial charge in [0.25, 0.3) is 5.91 Å². The Bertz CT molecular complexity index is 721. The van der Waals surface area contributed by atoms with Crippen molar-refractivity contribution in [2.24, 2.45) is 0 Å². The maximum atomic E-state index is 12.5. The molecule has 0 saturated carbocycles. The van der Waals surface area contributed by atoms with Crippen LogP contribution in [0.1, 0.15) is 37.0 Å². The molecule has 2 unspecified atom stereocenters. The summed E-state index contributed by atoms with van der Waals surface area (Å²) in [4.78, 5) is 39.6. The number of esters is 1. The number of hydrogen-bond acceptors (Lipinski definition) is 6. The fraction of sp³-hybridized carbons (Fsp3) is 0.571. The van der Waals surface area contributed by atoms with E-state index in [0.717, 1.165) is 19.4 Å². The quantitative estimate of drug-likeness (QED) is 0.668. The molecule has 0 spiro atoms. The van der Waals surface area contributed by atoms with Crippen molar-refractivity contribution in [1.82, 2.24) is 9.80 Å². The lowest BCUT2D eigenvalue weighted by Gasteiger charge is -2.35. The molecule has 0 radical (unpaired) electrons. The van der Waals surface area contributed by atoms with Gasteiger partial charge < -0.3 is 24.0 Å². The molecule has 0 aliphatic carbocycles. The van der Waals surface area contributed by atoms with Gasteiger partial charge in [0.15, 0.2) is 6.10 Å². The average molecular weight is 404 g/mol. The fourth-order valence-corrected chi connectivity index (χ4v) is 3.43. The lowest BCUT2D eigenvalue weighted by atomic mass is 10.2. The molecule has 1 aromatic carbocycles. The third-order valence-corrected chi connectivity index (χ3v) is 5.22. The largest absolute Gasteiger partial charge is 0.491 e. The molecule has 29 heavy (non-hydrogen) atoms. The van der Waals surface area contributed by atoms with Crippen molar-refractivity contribution in [3.63, 3.8) is 0 Å². The Morgan fingerprint density at radius 3 is 2.34 bits per heavy atom. The molecule has 0 N–H and O–H groups in total. The monoisotopic (exact) mass is 404 g/mol. The number of carbonyl (C=O) groups excluding carboxylic acids is 3. The molecule has 2 fully saturated rings. The first-order valence-corrected chi connectivity index (χ1v) is 10.0. The molecule has 2 saturated heterocycles. The van der Waals surface area contributed by atoms with E-state index >= 15 is 0 Å². The third kappa shape index (κ3) is 5.69. The van der Waals surface area contributed by atoms with Crippen LogP contribution in [0.3, 0.4) is 0 Å². The highest BCUT2D eigenvalue weighted by Gasteiger charge is 2.28. The van der Waals surface area contributed by atoms with E-state index in [4.69, 9.17) is 14.2 Å². The van der Waals surface area contributed by atoms with Crippen LogP contribution in [-0.2, 0) is 19.1 Å². The second kappa shape index (κ2) is 9.73. The van der Waals surface area contributed by atoms with E-state index in [1.54, 1.807) is 41.0 Å². The van der Waals surface area contributed by atoms with Crippen LogP contribution in [0.5, 0.6) is 5.75 Å². The van der Waals surface area contributed by atoms with Crippen LogP contribution < -0.4 is 4.74 Å². The second-order valence-electron chi connectivity index (χ2n) is 7.35. The van der Waals surface area contributed by atoms with E-state index in [0.29, 0.717) is 44.1 Å².